The van der Waals surface area contributed by atoms with Crippen LogP contribution in [0.15, 0.2) is 66.2 Å². The molecular weight excluding hydrogens is 218 g/mol. The molecule has 1 nitrogen and oxygen atoms in total. The van der Waals surface area contributed by atoms with E-state index in [2.05, 4.69) is 61.0 Å². The Kier molecular flexibility index (Phi) is 3.73. The van der Waals surface area contributed by atoms with E-state index in [1.54, 1.807) is 13.1 Å². The minimum atomic E-state index is 0.937. The van der Waals surface area contributed by atoms with Crippen molar-refractivity contribution < 1.29 is 0 Å². The van der Waals surface area contributed by atoms with Crippen LogP contribution in [0.1, 0.15) is 11.1 Å². The molecule has 0 atom stereocenters. The van der Waals surface area contributed by atoms with Crippen LogP contribution in [-0.2, 0) is 0 Å². The second kappa shape index (κ2) is 5.46. The van der Waals surface area contributed by atoms with Crippen LogP contribution in [0, 0.1) is 6.92 Å². The lowest BCUT2D eigenvalue weighted by Gasteiger charge is -2.08. The zero-order valence-electron chi connectivity index (χ0n) is 10.9. The fourth-order valence-corrected chi connectivity index (χ4v) is 2.08. The summed E-state index contributed by atoms with van der Waals surface area (Å²) in [5.41, 5.74) is 5.77. The zero-order chi connectivity index (χ0) is 13.0. The molecule has 2 rings (SSSR count). The van der Waals surface area contributed by atoms with Crippen LogP contribution in [0.2, 0.25) is 0 Å². The summed E-state index contributed by atoms with van der Waals surface area (Å²) in [6, 6.07) is 16.8. The average molecular weight is 235 g/mol. The van der Waals surface area contributed by atoms with E-state index >= 15 is 0 Å². The van der Waals surface area contributed by atoms with Crippen LogP contribution in [0.25, 0.3) is 11.1 Å². The van der Waals surface area contributed by atoms with Gasteiger partial charge >= 0.3 is 0 Å². The van der Waals surface area contributed by atoms with Crippen molar-refractivity contribution in [3.05, 3.63) is 72.3 Å². The van der Waals surface area contributed by atoms with Crippen molar-refractivity contribution in [2.45, 2.75) is 6.92 Å². The molecule has 0 saturated carbocycles. The second-order valence-electron chi connectivity index (χ2n) is 4.21. The smallest absolute Gasteiger partial charge is 0.0639 e. The van der Waals surface area contributed by atoms with Gasteiger partial charge in [-0.05, 0) is 29.7 Å². The van der Waals surface area contributed by atoms with Crippen molar-refractivity contribution >= 4 is 5.71 Å². The molecule has 0 radical (unpaired) electrons. The van der Waals surface area contributed by atoms with Crippen LogP contribution in [0.5, 0.6) is 0 Å². The topological polar surface area (TPSA) is 12.4 Å². The Morgan fingerprint density at radius 3 is 2.33 bits per heavy atom. The molecule has 0 fully saturated rings. The largest absolute Gasteiger partial charge is 0.288 e. The number of benzene rings is 2. The molecule has 0 unspecified atom stereocenters. The maximum atomic E-state index is 4.24. The lowest BCUT2D eigenvalue weighted by atomic mass is 9.97. The highest BCUT2D eigenvalue weighted by Gasteiger charge is 2.05. The summed E-state index contributed by atoms with van der Waals surface area (Å²) >= 11 is 0. The molecule has 0 N–H and O–H groups in total. The number of aryl methyl sites for hydroxylation is 1. The summed E-state index contributed by atoms with van der Waals surface area (Å²) in [6.07, 6.45) is 1.80. The maximum Gasteiger partial charge on any atom is 0.0639 e. The Bertz CT molecular complexity index is 580. The van der Waals surface area contributed by atoms with Crippen molar-refractivity contribution in [3.63, 3.8) is 0 Å². The van der Waals surface area contributed by atoms with E-state index in [1.807, 2.05) is 6.07 Å². The normalized spacial score (nSPS) is 11.3. The summed E-state index contributed by atoms with van der Waals surface area (Å²) in [4.78, 5) is 4.24. The summed E-state index contributed by atoms with van der Waals surface area (Å²) in [6.45, 7) is 5.91. The van der Waals surface area contributed by atoms with Gasteiger partial charge in [0.1, 0.15) is 0 Å². The van der Waals surface area contributed by atoms with E-state index in [1.165, 1.54) is 16.7 Å². The SMILES string of the molecule is C=C/C(=N/C)c1ccc(-c2ccccc2)cc1C. The first-order valence-electron chi connectivity index (χ1n) is 6.02. The van der Waals surface area contributed by atoms with Gasteiger partial charge in [0, 0.05) is 12.6 Å². The molecule has 0 saturated heterocycles. The van der Waals surface area contributed by atoms with E-state index < -0.39 is 0 Å². The third kappa shape index (κ3) is 2.40. The van der Waals surface area contributed by atoms with Gasteiger partial charge in [-0.3, -0.25) is 4.99 Å². The van der Waals surface area contributed by atoms with Gasteiger partial charge < -0.3 is 0 Å². The first-order valence-corrected chi connectivity index (χ1v) is 6.02. The van der Waals surface area contributed by atoms with Crippen LogP contribution >= 0.6 is 0 Å². The highest BCUT2D eigenvalue weighted by Crippen LogP contribution is 2.22. The fourth-order valence-electron chi connectivity index (χ4n) is 2.08. The number of rotatable bonds is 3. The van der Waals surface area contributed by atoms with Crippen molar-refractivity contribution in [1.29, 1.82) is 0 Å². The molecule has 0 bridgehead atoms. The maximum absolute atomic E-state index is 4.24. The van der Waals surface area contributed by atoms with Gasteiger partial charge in [0.2, 0.25) is 0 Å². The quantitative estimate of drug-likeness (QED) is 0.705. The first-order chi connectivity index (χ1) is 8.76. The molecule has 1 heteroatoms. The van der Waals surface area contributed by atoms with Crippen LogP contribution < -0.4 is 0 Å². The third-order valence-electron chi connectivity index (χ3n) is 3.04. The van der Waals surface area contributed by atoms with Gasteiger partial charge in [-0.1, -0.05) is 55.1 Å². The van der Waals surface area contributed by atoms with Gasteiger partial charge in [-0.15, -0.1) is 0 Å². The van der Waals surface area contributed by atoms with E-state index in [0.717, 1.165) is 11.3 Å². The Labute approximate surface area is 109 Å². The molecule has 0 aliphatic carbocycles. The second-order valence-corrected chi connectivity index (χ2v) is 4.21. The van der Waals surface area contributed by atoms with E-state index in [-0.39, 0.29) is 0 Å². The van der Waals surface area contributed by atoms with Crippen LogP contribution in [-0.4, -0.2) is 12.8 Å². The Hall–Kier alpha value is -2.15. The summed E-state index contributed by atoms with van der Waals surface area (Å²) < 4.78 is 0. The van der Waals surface area contributed by atoms with Crippen molar-refractivity contribution in [2.75, 3.05) is 7.05 Å². The number of allylic oxidation sites excluding steroid dienone is 1. The number of nitrogens with zero attached hydrogens (tertiary/aromatic N) is 1. The van der Waals surface area contributed by atoms with Crippen molar-refractivity contribution in [3.8, 4) is 11.1 Å². The highest BCUT2D eigenvalue weighted by molar-refractivity contribution is 6.09. The lowest BCUT2D eigenvalue weighted by Crippen LogP contribution is -1.99. The number of aliphatic imine (C=N–C) groups is 1. The minimum absolute atomic E-state index is 0.937. The first kappa shape index (κ1) is 12.3. The van der Waals surface area contributed by atoms with Gasteiger partial charge in [0.25, 0.3) is 0 Å². The van der Waals surface area contributed by atoms with E-state index in [0.29, 0.717) is 0 Å². The molecule has 2 aromatic rings. The number of hydrogen-bond acceptors (Lipinski definition) is 1. The molecular formula is C17H17N. The molecule has 0 aromatic heterocycles. The molecule has 18 heavy (non-hydrogen) atoms. The highest BCUT2D eigenvalue weighted by atomic mass is 14.7. The van der Waals surface area contributed by atoms with Gasteiger partial charge in [0.05, 0.1) is 5.71 Å². The van der Waals surface area contributed by atoms with E-state index in [4.69, 9.17) is 0 Å². The molecule has 2 aromatic carbocycles. The fraction of sp³-hybridized carbons (Fsp3) is 0.118. The molecule has 0 aliphatic rings. The van der Waals surface area contributed by atoms with Gasteiger partial charge in [-0.25, -0.2) is 0 Å². The van der Waals surface area contributed by atoms with Crippen molar-refractivity contribution in [1.82, 2.24) is 0 Å². The van der Waals surface area contributed by atoms with Gasteiger partial charge in [-0.2, -0.15) is 0 Å². The summed E-state index contributed by atoms with van der Waals surface area (Å²) in [5.74, 6) is 0. The molecule has 90 valence electrons. The molecule has 0 amide bonds. The average Bonchev–Trinajstić information content (AvgIpc) is 2.43. The van der Waals surface area contributed by atoms with Crippen LogP contribution in [0.4, 0.5) is 0 Å². The summed E-state index contributed by atoms with van der Waals surface area (Å²) in [5, 5.41) is 0. The number of hydrogen-bond donors (Lipinski definition) is 0. The van der Waals surface area contributed by atoms with Crippen LogP contribution in [0.3, 0.4) is 0 Å². The molecule has 0 heterocycles. The Balaban J connectivity index is 2.46. The molecule has 0 aliphatic heterocycles. The minimum Gasteiger partial charge on any atom is -0.288 e. The molecule has 0 spiro atoms. The van der Waals surface area contributed by atoms with Crippen molar-refractivity contribution in [2.24, 2.45) is 4.99 Å². The lowest BCUT2D eigenvalue weighted by molar-refractivity contribution is 1.39. The summed E-state index contributed by atoms with van der Waals surface area (Å²) in [7, 11) is 1.79. The standard InChI is InChI=1S/C17H17N/c1-4-17(18-3)16-11-10-15(12-13(16)2)14-8-6-5-7-9-14/h4-12H,1H2,2-3H3/b18-17-. The Morgan fingerprint density at radius 1 is 1.06 bits per heavy atom. The zero-order valence-corrected chi connectivity index (χ0v) is 10.9. The third-order valence-corrected chi connectivity index (χ3v) is 3.04. The van der Waals surface area contributed by atoms with Gasteiger partial charge in [0.15, 0.2) is 0 Å². The van der Waals surface area contributed by atoms with E-state index in [9.17, 15) is 0 Å². The predicted octanol–water partition coefficient (Wildman–Crippen LogP) is 4.27. The Morgan fingerprint density at radius 2 is 1.78 bits per heavy atom. The predicted molar refractivity (Wildman–Crippen MR) is 79.3 cm³/mol. The monoisotopic (exact) mass is 235 g/mol.